The number of hydrogen-bond acceptors (Lipinski definition) is 10. The minimum Gasteiger partial charge on any atom is -0.505 e. The SMILES string of the molecule is CCOC(=O)c1c(O)c2ncc(Cc3ccc(F)cc3)c3c2n(c1=O)C[C@@H](CN(C)C(=O)c1nnc(C)o1)O3. The molecule has 202 valence electrons. The number of halogens is 1. The number of likely N-dealkylation sites (N-methyl/N-ethyl adjacent to an activating group) is 1. The van der Waals surface area contributed by atoms with Gasteiger partial charge in [0.15, 0.2) is 17.1 Å². The molecule has 1 amide bonds. The molecule has 0 fully saturated rings. The van der Waals surface area contributed by atoms with Gasteiger partial charge in [-0.25, -0.2) is 9.18 Å². The average Bonchev–Trinajstić information content (AvgIpc) is 3.35. The minimum absolute atomic E-state index is 0.00117. The van der Waals surface area contributed by atoms with Crippen molar-refractivity contribution in [1.82, 2.24) is 24.6 Å². The van der Waals surface area contributed by atoms with E-state index in [2.05, 4.69) is 15.2 Å². The highest BCUT2D eigenvalue weighted by Crippen LogP contribution is 2.38. The molecule has 0 radical (unpaired) electrons. The number of ether oxygens (including phenoxy) is 2. The number of aromatic nitrogens is 4. The Bertz CT molecular complexity index is 1650. The van der Waals surface area contributed by atoms with E-state index in [0.29, 0.717) is 5.56 Å². The summed E-state index contributed by atoms with van der Waals surface area (Å²) >= 11 is 0. The maximum absolute atomic E-state index is 13.5. The Balaban J connectivity index is 1.59. The second-order valence-electron chi connectivity index (χ2n) is 9.02. The van der Waals surface area contributed by atoms with Crippen molar-refractivity contribution >= 4 is 22.9 Å². The molecule has 5 rings (SSSR count). The fraction of sp³-hybridized carbons (Fsp3) is 0.308. The molecule has 12 nitrogen and oxygen atoms in total. The molecule has 3 aromatic heterocycles. The first-order chi connectivity index (χ1) is 18.7. The number of aryl methyl sites for hydroxylation is 1. The Morgan fingerprint density at radius 2 is 2.00 bits per heavy atom. The fourth-order valence-corrected chi connectivity index (χ4v) is 4.48. The fourth-order valence-electron chi connectivity index (χ4n) is 4.48. The van der Waals surface area contributed by atoms with Gasteiger partial charge < -0.3 is 23.9 Å². The first kappa shape index (κ1) is 25.8. The summed E-state index contributed by atoms with van der Waals surface area (Å²) in [5, 5.41) is 18.3. The van der Waals surface area contributed by atoms with Gasteiger partial charge in [-0.2, -0.15) is 0 Å². The monoisotopic (exact) mass is 537 g/mol. The molecule has 0 bridgehead atoms. The van der Waals surface area contributed by atoms with E-state index in [1.54, 1.807) is 26.0 Å². The number of hydrogen-bond donors (Lipinski definition) is 1. The lowest BCUT2D eigenvalue weighted by Crippen LogP contribution is -2.44. The van der Waals surface area contributed by atoms with Gasteiger partial charge >= 0.3 is 17.8 Å². The van der Waals surface area contributed by atoms with Crippen molar-refractivity contribution in [3.05, 3.63) is 75.1 Å². The number of benzene rings is 1. The summed E-state index contributed by atoms with van der Waals surface area (Å²) in [6.07, 6.45) is 0.990. The Labute approximate surface area is 220 Å². The van der Waals surface area contributed by atoms with Crippen molar-refractivity contribution in [1.29, 1.82) is 0 Å². The first-order valence-electron chi connectivity index (χ1n) is 12.1. The molecular formula is C26H24FN5O7. The van der Waals surface area contributed by atoms with Gasteiger partial charge in [-0.3, -0.25) is 19.1 Å². The molecule has 1 aromatic carbocycles. The van der Waals surface area contributed by atoms with Gasteiger partial charge in [-0.15, -0.1) is 10.2 Å². The first-order valence-corrected chi connectivity index (χ1v) is 12.1. The minimum atomic E-state index is -0.980. The third kappa shape index (κ3) is 4.78. The van der Waals surface area contributed by atoms with E-state index in [4.69, 9.17) is 13.9 Å². The van der Waals surface area contributed by atoms with Crippen molar-refractivity contribution in [2.24, 2.45) is 0 Å². The third-order valence-corrected chi connectivity index (χ3v) is 6.26. The molecule has 0 saturated heterocycles. The van der Waals surface area contributed by atoms with Crippen LogP contribution in [0.25, 0.3) is 11.0 Å². The normalized spacial score (nSPS) is 14.2. The van der Waals surface area contributed by atoms with Crippen LogP contribution in [0.4, 0.5) is 4.39 Å². The van der Waals surface area contributed by atoms with Crippen LogP contribution in [0.15, 0.2) is 39.7 Å². The predicted molar refractivity (Wildman–Crippen MR) is 133 cm³/mol. The molecule has 1 aliphatic heterocycles. The van der Waals surface area contributed by atoms with Crippen LogP contribution < -0.4 is 10.3 Å². The van der Waals surface area contributed by atoms with Gasteiger partial charge in [-0.1, -0.05) is 12.1 Å². The molecular weight excluding hydrogens is 513 g/mol. The summed E-state index contributed by atoms with van der Waals surface area (Å²) in [5.41, 5.74) is 0.162. The van der Waals surface area contributed by atoms with E-state index in [9.17, 15) is 23.9 Å². The van der Waals surface area contributed by atoms with E-state index in [0.717, 1.165) is 5.56 Å². The molecule has 4 aromatic rings. The summed E-state index contributed by atoms with van der Waals surface area (Å²) in [5.74, 6) is -2.23. The van der Waals surface area contributed by atoms with E-state index in [1.807, 2.05) is 0 Å². The second-order valence-corrected chi connectivity index (χ2v) is 9.02. The zero-order chi connectivity index (χ0) is 27.8. The molecule has 4 heterocycles. The summed E-state index contributed by atoms with van der Waals surface area (Å²) in [4.78, 5) is 44.5. The van der Waals surface area contributed by atoms with Crippen molar-refractivity contribution in [3.8, 4) is 11.5 Å². The van der Waals surface area contributed by atoms with Gasteiger partial charge in [0.25, 0.3) is 5.56 Å². The molecule has 1 atom stereocenters. The number of amides is 1. The average molecular weight is 538 g/mol. The van der Waals surface area contributed by atoms with Crippen molar-refractivity contribution < 1.29 is 33.0 Å². The lowest BCUT2D eigenvalue weighted by atomic mass is 10.0. The summed E-state index contributed by atoms with van der Waals surface area (Å²) in [6.45, 7) is 3.10. The molecule has 1 aliphatic rings. The van der Waals surface area contributed by atoms with E-state index in [-0.39, 0.29) is 60.5 Å². The molecule has 0 saturated carbocycles. The van der Waals surface area contributed by atoms with Crippen LogP contribution in [0.2, 0.25) is 0 Å². The summed E-state index contributed by atoms with van der Waals surface area (Å²) in [6, 6.07) is 5.87. The van der Waals surface area contributed by atoms with Crippen molar-refractivity contribution in [2.75, 3.05) is 20.2 Å². The smallest absolute Gasteiger partial charge is 0.347 e. The van der Waals surface area contributed by atoms with Crippen LogP contribution in [-0.2, 0) is 17.7 Å². The molecule has 1 N–H and O–H groups in total. The molecule has 0 unspecified atom stereocenters. The Morgan fingerprint density at radius 1 is 1.26 bits per heavy atom. The molecule has 39 heavy (non-hydrogen) atoms. The molecule has 13 heteroatoms. The largest absolute Gasteiger partial charge is 0.505 e. The standard InChI is InChI=1S/C26H24FN5O7/c1-4-37-26(36)18-21(33)19-20-22(15(10-28-19)9-14-5-7-16(27)8-6-14)39-17(12-32(20)24(18)34)11-31(3)25(35)23-30-29-13(2)38-23/h5-8,10,17,33H,4,9,11-12H2,1-3H3/t17-/m1/s1. The zero-order valence-corrected chi connectivity index (χ0v) is 21.3. The van der Waals surface area contributed by atoms with Gasteiger partial charge in [0.05, 0.1) is 19.7 Å². The van der Waals surface area contributed by atoms with Crippen LogP contribution in [0, 0.1) is 12.7 Å². The van der Waals surface area contributed by atoms with Crippen LogP contribution in [0.5, 0.6) is 11.5 Å². The number of carbonyl (C=O) groups is 2. The quantitative estimate of drug-likeness (QED) is 0.348. The van der Waals surface area contributed by atoms with Gasteiger partial charge in [-0.05, 0) is 24.6 Å². The lowest BCUT2D eigenvalue weighted by molar-refractivity contribution is 0.0519. The van der Waals surface area contributed by atoms with Crippen molar-refractivity contribution in [3.63, 3.8) is 0 Å². The number of aromatic hydroxyl groups is 1. The topological polar surface area (TPSA) is 150 Å². The molecule has 0 aliphatic carbocycles. The lowest BCUT2D eigenvalue weighted by Gasteiger charge is -2.31. The Morgan fingerprint density at radius 3 is 2.67 bits per heavy atom. The highest BCUT2D eigenvalue weighted by Gasteiger charge is 2.33. The van der Waals surface area contributed by atoms with E-state index in [1.165, 1.54) is 34.8 Å². The van der Waals surface area contributed by atoms with Crippen LogP contribution >= 0.6 is 0 Å². The summed E-state index contributed by atoms with van der Waals surface area (Å²) < 4.78 is 31.3. The maximum atomic E-state index is 13.5. The van der Waals surface area contributed by atoms with Crippen LogP contribution in [-0.4, -0.2) is 67.9 Å². The van der Waals surface area contributed by atoms with Gasteiger partial charge in [0.2, 0.25) is 5.89 Å². The van der Waals surface area contributed by atoms with Gasteiger partial charge in [0, 0.05) is 32.2 Å². The number of pyridine rings is 2. The highest BCUT2D eigenvalue weighted by atomic mass is 19.1. The van der Waals surface area contributed by atoms with Crippen LogP contribution in [0.1, 0.15) is 45.0 Å². The Hall–Kier alpha value is -4.81. The number of carbonyl (C=O) groups excluding carboxylic acids is 2. The predicted octanol–water partition coefficient (Wildman–Crippen LogP) is 2.23. The summed E-state index contributed by atoms with van der Waals surface area (Å²) in [7, 11) is 1.52. The van der Waals surface area contributed by atoms with E-state index < -0.39 is 34.9 Å². The number of nitrogens with zero attached hydrogens (tertiary/aromatic N) is 5. The van der Waals surface area contributed by atoms with E-state index >= 15 is 0 Å². The maximum Gasteiger partial charge on any atom is 0.347 e. The van der Waals surface area contributed by atoms with Gasteiger partial charge in [0.1, 0.15) is 23.0 Å². The van der Waals surface area contributed by atoms with Crippen LogP contribution in [0.3, 0.4) is 0 Å². The second kappa shape index (κ2) is 10.2. The number of rotatable bonds is 7. The highest BCUT2D eigenvalue weighted by molar-refractivity contribution is 6.00. The third-order valence-electron chi connectivity index (χ3n) is 6.26. The molecule has 0 spiro atoms. The number of esters is 1. The van der Waals surface area contributed by atoms with Crippen molar-refractivity contribution in [2.45, 2.75) is 32.9 Å². The Kier molecular flexibility index (Phi) is 6.73. The zero-order valence-electron chi connectivity index (χ0n) is 21.3.